The van der Waals surface area contributed by atoms with Crippen molar-refractivity contribution >= 4 is 23.4 Å². The average molecular weight is 393 g/mol. The van der Waals surface area contributed by atoms with Gasteiger partial charge in [0.25, 0.3) is 0 Å². The summed E-state index contributed by atoms with van der Waals surface area (Å²) < 4.78 is 6.87. The number of rotatable bonds is 4. The second-order valence-electron chi connectivity index (χ2n) is 6.39. The third-order valence-corrected chi connectivity index (χ3v) is 5.08. The second-order valence-corrected chi connectivity index (χ2v) is 6.81. The molecule has 4 aromatic rings. The zero-order valence-corrected chi connectivity index (χ0v) is 16.3. The quantitative estimate of drug-likeness (QED) is 0.449. The van der Waals surface area contributed by atoms with Gasteiger partial charge in [0.05, 0.1) is 7.11 Å². The van der Waals surface area contributed by atoms with E-state index in [0.29, 0.717) is 28.4 Å². The number of benzene rings is 3. The van der Waals surface area contributed by atoms with Crippen LogP contribution in [-0.2, 0) is 6.42 Å². The number of hydrogen-bond donors (Lipinski definition) is 3. The SMILES string of the molecule is CCc1cc(-n2nnc(S)c2-c2cccc3cc(OC)ccc23)c(O)cc1O. The van der Waals surface area contributed by atoms with E-state index in [-0.39, 0.29) is 11.5 Å². The first kappa shape index (κ1) is 18.2. The highest BCUT2D eigenvalue weighted by molar-refractivity contribution is 7.80. The number of fused-ring (bicyclic) bond motifs is 1. The average Bonchev–Trinajstić information content (AvgIpc) is 3.08. The van der Waals surface area contributed by atoms with Crippen LogP contribution in [0.1, 0.15) is 12.5 Å². The summed E-state index contributed by atoms with van der Waals surface area (Å²) in [5.41, 5.74) is 2.67. The molecule has 142 valence electrons. The molecule has 4 rings (SSSR count). The number of phenolic OH excluding ortho intramolecular Hbond substituents is 2. The van der Waals surface area contributed by atoms with E-state index in [1.807, 2.05) is 43.3 Å². The van der Waals surface area contributed by atoms with E-state index in [4.69, 9.17) is 4.74 Å². The molecule has 0 aliphatic heterocycles. The maximum Gasteiger partial charge on any atom is 0.145 e. The van der Waals surface area contributed by atoms with Crippen LogP contribution in [0.25, 0.3) is 27.7 Å². The molecule has 0 saturated carbocycles. The standard InChI is InChI=1S/C21H19N3O3S/c1-3-12-10-17(19(26)11-18(12)25)24-20(21(28)22-23-24)16-6-4-5-13-9-14(27-2)7-8-15(13)16/h4-11,25-26,28H,3H2,1-2H3. The number of hydrogen-bond acceptors (Lipinski definition) is 6. The topological polar surface area (TPSA) is 80.4 Å². The lowest BCUT2D eigenvalue weighted by Crippen LogP contribution is -2.02. The molecule has 0 amide bonds. The van der Waals surface area contributed by atoms with E-state index in [0.717, 1.165) is 22.1 Å². The largest absolute Gasteiger partial charge is 0.508 e. The van der Waals surface area contributed by atoms with Gasteiger partial charge in [0, 0.05) is 11.6 Å². The fourth-order valence-electron chi connectivity index (χ4n) is 3.33. The molecule has 7 heteroatoms. The molecule has 0 aliphatic rings. The first-order chi connectivity index (χ1) is 13.5. The summed E-state index contributed by atoms with van der Waals surface area (Å²) in [6.07, 6.45) is 0.616. The molecule has 6 nitrogen and oxygen atoms in total. The molecule has 0 saturated heterocycles. The minimum absolute atomic E-state index is 0.0498. The summed E-state index contributed by atoms with van der Waals surface area (Å²) in [6, 6.07) is 14.8. The highest BCUT2D eigenvalue weighted by atomic mass is 32.1. The number of ether oxygens (including phenoxy) is 1. The maximum atomic E-state index is 10.4. The van der Waals surface area contributed by atoms with Gasteiger partial charge in [0.15, 0.2) is 0 Å². The Kier molecular flexibility index (Phi) is 4.60. The van der Waals surface area contributed by atoms with Crippen molar-refractivity contribution < 1.29 is 14.9 Å². The zero-order valence-electron chi connectivity index (χ0n) is 15.4. The third-order valence-electron chi connectivity index (χ3n) is 4.78. The van der Waals surface area contributed by atoms with Crippen molar-refractivity contribution in [2.45, 2.75) is 18.4 Å². The number of aromatic nitrogens is 3. The molecular weight excluding hydrogens is 374 g/mol. The summed E-state index contributed by atoms with van der Waals surface area (Å²) in [6.45, 7) is 1.93. The van der Waals surface area contributed by atoms with Crippen LogP contribution in [0.4, 0.5) is 0 Å². The molecule has 0 bridgehead atoms. The molecule has 0 radical (unpaired) electrons. The van der Waals surface area contributed by atoms with Gasteiger partial charge in [0.1, 0.15) is 33.7 Å². The Hall–Kier alpha value is -3.19. The van der Waals surface area contributed by atoms with Crippen molar-refractivity contribution in [3.05, 3.63) is 54.1 Å². The summed E-state index contributed by atoms with van der Waals surface area (Å²) in [5.74, 6) is 0.732. The molecule has 3 aromatic carbocycles. The van der Waals surface area contributed by atoms with Crippen LogP contribution in [-0.4, -0.2) is 32.3 Å². The molecule has 1 heterocycles. The first-order valence-electron chi connectivity index (χ1n) is 8.80. The maximum absolute atomic E-state index is 10.4. The predicted molar refractivity (Wildman–Crippen MR) is 111 cm³/mol. The Morgan fingerprint density at radius 1 is 1.07 bits per heavy atom. The molecule has 1 aromatic heterocycles. The van der Waals surface area contributed by atoms with Crippen molar-refractivity contribution in [2.24, 2.45) is 0 Å². The first-order valence-corrected chi connectivity index (χ1v) is 9.25. The molecule has 28 heavy (non-hydrogen) atoms. The highest BCUT2D eigenvalue weighted by Crippen LogP contribution is 2.37. The van der Waals surface area contributed by atoms with Crippen molar-refractivity contribution in [3.8, 4) is 34.2 Å². The van der Waals surface area contributed by atoms with Crippen LogP contribution in [0.5, 0.6) is 17.2 Å². The van der Waals surface area contributed by atoms with Gasteiger partial charge in [-0.3, -0.25) is 0 Å². The molecule has 0 atom stereocenters. The van der Waals surface area contributed by atoms with Crippen molar-refractivity contribution in [1.82, 2.24) is 15.0 Å². The van der Waals surface area contributed by atoms with E-state index in [9.17, 15) is 10.2 Å². The Morgan fingerprint density at radius 2 is 1.89 bits per heavy atom. The van der Waals surface area contributed by atoms with Crippen LogP contribution in [0, 0.1) is 0 Å². The number of phenols is 2. The zero-order chi connectivity index (χ0) is 19.8. The monoisotopic (exact) mass is 393 g/mol. The summed E-state index contributed by atoms with van der Waals surface area (Å²) in [4.78, 5) is 0. The molecule has 2 N–H and O–H groups in total. The van der Waals surface area contributed by atoms with Crippen LogP contribution < -0.4 is 4.74 Å². The van der Waals surface area contributed by atoms with E-state index in [1.165, 1.54) is 6.07 Å². The number of nitrogens with zero attached hydrogens (tertiary/aromatic N) is 3. The Balaban J connectivity index is 1.98. The van der Waals surface area contributed by atoms with E-state index < -0.39 is 0 Å². The number of aromatic hydroxyl groups is 2. The Labute approximate surface area is 167 Å². The predicted octanol–water partition coefficient (Wildman–Crippen LogP) is 4.36. The minimum Gasteiger partial charge on any atom is -0.508 e. The Morgan fingerprint density at radius 3 is 2.64 bits per heavy atom. The lowest BCUT2D eigenvalue weighted by Gasteiger charge is -2.13. The van der Waals surface area contributed by atoms with Gasteiger partial charge in [-0.05, 0) is 41.0 Å². The smallest absolute Gasteiger partial charge is 0.145 e. The summed E-state index contributed by atoms with van der Waals surface area (Å²) in [5, 5.41) is 31.2. The van der Waals surface area contributed by atoms with Gasteiger partial charge in [0.2, 0.25) is 0 Å². The summed E-state index contributed by atoms with van der Waals surface area (Å²) in [7, 11) is 1.63. The highest BCUT2D eigenvalue weighted by Gasteiger charge is 2.20. The van der Waals surface area contributed by atoms with Crippen LogP contribution >= 0.6 is 12.6 Å². The van der Waals surface area contributed by atoms with Gasteiger partial charge in [-0.1, -0.05) is 36.4 Å². The summed E-state index contributed by atoms with van der Waals surface area (Å²) >= 11 is 4.50. The van der Waals surface area contributed by atoms with E-state index >= 15 is 0 Å². The fourth-order valence-corrected chi connectivity index (χ4v) is 3.59. The molecule has 0 aliphatic carbocycles. The van der Waals surface area contributed by atoms with Crippen molar-refractivity contribution in [3.63, 3.8) is 0 Å². The van der Waals surface area contributed by atoms with Gasteiger partial charge in [-0.2, -0.15) is 0 Å². The Bertz CT molecular complexity index is 1190. The van der Waals surface area contributed by atoms with Gasteiger partial charge in [-0.25, -0.2) is 4.68 Å². The lowest BCUT2D eigenvalue weighted by atomic mass is 10.0. The van der Waals surface area contributed by atoms with Gasteiger partial charge in [-0.15, -0.1) is 17.7 Å². The van der Waals surface area contributed by atoms with Crippen LogP contribution in [0.2, 0.25) is 0 Å². The van der Waals surface area contributed by atoms with Crippen LogP contribution in [0.3, 0.4) is 0 Å². The van der Waals surface area contributed by atoms with Gasteiger partial charge < -0.3 is 14.9 Å². The molecule has 0 fully saturated rings. The second kappa shape index (κ2) is 7.09. The minimum atomic E-state index is -0.0870. The number of aryl methyl sites for hydroxylation is 1. The number of thiol groups is 1. The van der Waals surface area contributed by atoms with Crippen molar-refractivity contribution in [1.29, 1.82) is 0 Å². The van der Waals surface area contributed by atoms with Gasteiger partial charge >= 0.3 is 0 Å². The molecule has 0 spiro atoms. The number of methoxy groups -OCH3 is 1. The lowest BCUT2D eigenvalue weighted by molar-refractivity contribution is 0.415. The third kappa shape index (κ3) is 2.93. The van der Waals surface area contributed by atoms with Crippen molar-refractivity contribution in [2.75, 3.05) is 7.11 Å². The normalized spacial score (nSPS) is 11.1. The van der Waals surface area contributed by atoms with E-state index in [1.54, 1.807) is 17.9 Å². The van der Waals surface area contributed by atoms with Crippen LogP contribution in [0.15, 0.2) is 53.6 Å². The van der Waals surface area contributed by atoms with E-state index in [2.05, 4.69) is 22.9 Å². The fraction of sp³-hybridized carbons (Fsp3) is 0.143. The molecule has 0 unspecified atom stereocenters. The molecular formula is C21H19N3O3S.